The van der Waals surface area contributed by atoms with Gasteiger partial charge in [-0.15, -0.1) is 0 Å². The quantitative estimate of drug-likeness (QED) is 0.138. The second-order valence-corrected chi connectivity index (χ2v) is 8.56. The highest BCUT2D eigenvalue weighted by Crippen LogP contribution is 2.13. The van der Waals surface area contributed by atoms with E-state index in [-0.39, 0.29) is 0 Å². The van der Waals surface area contributed by atoms with Crippen LogP contribution in [0.4, 0.5) is 0 Å². The fourth-order valence-electron chi connectivity index (χ4n) is 3.76. The van der Waals surface area contributed by atoms with Crippen molar-refractivity contribution >= 4 is 5.97 Å². The fourth-order valence-corrected chi connectivity index (χ4v) is 3.76. The van der Waals surface area contributed by atoms with Crippen molar-refractivity contribution in [3.63, 3.8) is 0 Å². The molecule has 0 heterocycles. The minimum atomic E-state index is -0.656. The minimum absolute atomic E-state index is 0.339. The molecule has 0 aromatic carbocycles. The van der Waals surface area contributed by atoms with Crippen molar-refractivity contribution in [3.8, 4) is 0 Å². The number of carboxylic acid groups (broad SMARTS) is 1. The Bertz CT molecular complexity index is 335. The van der Waals surface area contributed by atoms with E-state index >= 15 is 0 Å². The molecule has 0 amide bonds. The van der Waals surface area contributed by atoms with E-state index in [1.54, 1.807) is 0 Å². The third kappa shape index (κ3) is 25.2. The molecule has 0 saturated heterocycles. The largest absolute Gasteiger partial charge is 0.481 e. The first-order valence-corrected chi connectivity index (χ1v) is 12.6. The molecule has 28 heavy (non-hydrogen) atoms. The van der Waals surface area contributed by atoms with Crippen LogP contribution in [0.25, 0.3) is 0 Å². The molecule has 0 atom stereocenters. The van der Waals surface area contributed by atoms with Crippen LogP contribution in [-0.2, 0) is 4.79 Å². The van der Waals surface area contributed by atoms with Crippen molar-refractivity contribution in [3.05, 3.63) is 12.2 Å². The summed E-state index contributed by atoms with van der Waals surface area (Å²) in [5.74, 6) is -0.656. The molecule has 0 fully saturated rings. The Morgan fingerprint density at radius 1 is 0.536 bits per heavy atom. The number of unbranched alkanes of at least 4 members (excludes halogenated alkanes) is 19. The Labute approximate surface area is 176 Å². The van der Waals surface area contributed by atoms with Gasteiger partial charge in [-0.3, -0.25) is 4.79 Å². The Kier molecular flexibility index (Phi) is 23.6. The topological polar surface area (TPSA) is 37.3 Å². The number of carboxylic acids is 1. The molecular weight excluding hydrogens is 344 g/mol. The first kappa shape index (κ1) is 27.2. The maximum Gasteiger partial charge on any atom is 0.303 e. The molecule has 1 N–H and O–H groups in total. The zero-order valence-electron chi connectivity index (χ0n) is 19.1. The molecular formula is C26H50O2. The van der Waals surface area contributed by atoms with Crippen LogP contribution in [0.5, 0.6) is 0 Å². The molecule has 0 aromatic heterocycles. The van der Waals surface area contributed by atoms with Crippen molar-refractivity contribution < 1.29 is 9.90 Å². The van der Waals surface area contributed by atoms with Crippen LogP contribution in [0.2, 0.25) is 0 Å². The Morgan fingerprint density at radius 3 is 1.21 bits per heavy atom. The molecule has 0 saturated carbocycles. The number of carbonyl (C=O) groups is 1. The molecule has 0 bridgehead atoms. The SMILES string of the molecule is CCCCCCCCCCCCC/C=C\CCCCCCCCCCC(=O)O. The van der Waals surface area contributed by atoms with E-state index in [9.17, 15) is 4.79 Å². The van der Waals surface area contributed by atoms with Crippen LogP contribution in [-0.4, -0.2) is 11.1 Å². The van der Waals surface area contributed by atoms with Gasteiger partial charge in [-0.1, -0.05) is 122 Å². The van der Waals surface area contributed by atoms with Crippen molar-refractivity contribution in [2.24, 2.45) is 0 Å². The Hall–Kier alpha value is -0.790. The first-order valence-electron chi connectivity index (χ1n) is 12.6. The standard InChI is InChI=1S/C26H50O2/c1-2-3-4-5-6-7-8-9-10-11-12-13-14-15-16-17-18-19-20-21-22-23-24-25-26(27)28/h14-15H,2-13,16-25H2,1H3,(H,27,28)/b15-14-. The molecule has 0 unspecified atom stereocenters. The van der Waals surface area contributed by atoms with Crippen LogP contribution in [0.3, 0.4) is 0 Å². The van der Waals surface area contributed by atoms with Gasteiger partial charge in [0.25, 0.3) is 0 Å². The maximum atomic E-state index is 10.4. The summed E-state index contributed by atoms with van der Waals surface area (Å²) in [5.41, 5.74) is 0. The van der Waals surface area contributed by atoms with Crippen molar-refractivity contribution in [1.82, 2.24) is 0 Å². The van der Waals surface area contributed by atoms with Gasteiger partial charge in [-0.25, -0.2) is 0 Å². The number of allylic oxidation sites excluding steroid dienone is 2. The third-order valence-corrected chi connectivity index (χ3v) is 5.65. The smallest absolute Gasteiger partial charge is 0.303 e. The molecule has 0 aliphatic heterocycles. The average Bonchev–Trinajstić information content (AvgIpc) is 2.68. The zero-order chi connectivity index (χ0) is 20.5. The molecule has 0 radical (unpaired) electrons. The van der Waals surface area contributed by atoms with E-state index in [1.165, 1.54) is 122 Å². The van der Waals surface area contributed by atoms with Crippen LogP contribution in [0, 0.1) is 0 Å². The highest BCUT2D eigenvalue weighted by molar-refractivity contribution is 5.66. The lowest BCUT2D eigenvalue weighted by Crippen LogP contribution is -1.93. The van der Waals surface area contributed by atoms with Crippen molar-refractivity contribution in [1.29, 1.82) is 0 Å². The first-order chi connectivity index (χ1) is 13.8. The summed E-state index contributed by atoms with van der Waals surface area (Å²) in [6.07, 6.45) is 33.0. The molecule has 0 spiro atoms. The molecule has 2 nitrogen and oxygen atoms in total. The summed E-state index contributed by atoms with van der Waals surface area (Å²) in [5, 5.41) is 8.58. The summed E-state index contributed by atoms with van der Waals surface area (Å²) >= 11 is 0. The number of hydrogen-bond acceptors (Lipinski definition) is 1. The summed E-state index contributed by atoms with van der Waals surface area (Å²) < 4.78 is 0. The second-order valence-electron chi connectivity index (χ2n) is 8.56. The third-order valence-electron chi connectivity index (χ3n) is 5.65. The molecule has 0 aliphatic carbocycles. The summed E-state index contributed by atoms with van der Waals surface area (Å²) in [6.45, 7) is 2.29. The highest BCUT2D eigenvalue weighted by atomic mass is 16.4. The van der Waals surface area contributed by atoms with Gasteiger partial charge in [0.2, 0.25) is 0 Å². The van der Waals surface area contributed by atoms with Gasteiger partial charge in [0, 0.05) is 6.42 Å². The maximum absolute atomic E-state index is 10.4. The summed E-state index contributed by atoms with van der Waals surface area (Å²) in [6, 6.07) is 0. The Morgan fingerprint density at radius 2 is 0.857 bits per heavy atom. The van der Waals surface area contributed by atoms with E-state index in [4.69, 9.17) is 5.11 Å². The van der Waals surface area contributed by atoms with Gasteiger partial charge in [0.05, 0.1) is 0 Å². The van der Waals surface area contributed by atoms with Gasteiger partial charge in [-0.2, -0.15) is 0 Å². The molecule has 0 rings (SSSR count). The van der Waals surface area contributed by atoms with E-state index in [1.807, 2.05) is 0 Å². The molecule has 0 aliphatic rings. The lowest BCUT2D eigenvalue weighted by atomic mass is 10.0. The monoisotopic (exact) mass is 394 g/mol. The zero-order valence-corrected chi connectivity index (χ0v) is 19.1. The van der Waals surface area contributed by atoms with Gasteiger partial charge in [0.1, 0.15) is 0 Å². The number of hydrogen-bond donors (Lipinski definition) is 1. The average molecular weight is 395 g/mol. The van der Waals surface area contributed by atoms with Gasteiger partial charge in [0.15, 0.2) is 0 Å². The normalized spacial score (nSPS) is 11.5. The highest BCUT2D eigenvalue weighted by Gasteiger charge is 1.96. The van der Waals surface area contributed by atoms with Crippen molar-refractivity contribution in [2.75, 3.05) is 0 Å². The second kappa shape index (κ2) is 24.2. The minimum Gasteiger partial charge on any atom is -0.481 e. The lowest BCUT2D eigenvalue weighted by molar-refractivity contribution is -0.137. The molecule has 0 aromatic rings. The molecule has 2 heteroatoms. The van der Waals surface area contributed by atoms with E-state index in [0.29, 0.717) is 6.42 Å². The molecule has 166 valence electrons. The van der Waals surface area contributed by atoms with Gasteiger partial charge in [-0.05, 0) is 32.1 Å². The van der Waals surface area contributed by atoms with Crippen molar-refractivity contribution in [2.45, 2.75) is 148 Å². The fraction of sp³-hybridized carbons (Fsp3) is 0.885. The van der Waals surface area contributed by atoms with E-state index < -0.39 is 5.97 Å². The summed E-state index contributed by atoms with van der Waals surface area (Å²) in [7, 11) is 0. The lowest BCUT2D eigenvalue weighted by Gasteiger charge is -2.02. The number of aliphatic carboxylic acids is 1. The van der Waals surface area contributed by atoms with E-state index in [0.717, 1.165) is 12.8 Å². The number of rotatable bonds is 23. The van der Waals surface area contributed by atoms with Crippen LogP contribution in [0.1, 0.15) is 148 Å². The van der Waals surface area contributed by atoms with Crippen LogP contribution in [0.15, 0.2) is 12.2 Å². The predicted octanol–water partition coefficient (Wildman–Crippen LogP) is 9.23. The van der Waals surface area contributed by atoms with Gasteiger partial charge >= 0.3 is 5.97 Å². The van der Waals surface area contributed by atoms with E-state index in [2.05, 4.69) is 19.1 Å². The van der Waals surface area contributed by atoms with Gasteiger partial charge < -0.3 is 5.11 Å². The van der Waals surface area contributed by atoms with Crippen LogP contribution < -0.4 is 0 Å². The van der Waals surface area contributed by atoms with Crippen LogP contribution >= 0.6 is 0 Å². The summed E-state index contributed by atoms with van der Waals surface area (Å²) in [4.78, 5) is 10.4. The predicted molar refractivity (Wildman–Crippen MR) is 124 cm³/mol. The Balaban J connectivity index is 3.08.